The number of hydrogen-bond donors (Lipinski definition) is 1. The van der Waals surface area contributed by atoms with Crippen LogP contribution in [0.5, 0.6) is 0 Å². The Morgan fingerprint density at radius 3 is 3.09 bits per heavy atom. The molecule has 1 atom stereocenters. The SMILES string of the molecule is CC[C@@H]1C(=O)NCCCN1Cc1nc(-c2cccc(C)c2)no1. The number of amides is 1. The predicted octanol–water partition coefficient (Wildman–Crippen LogP) is 2.15. The largest absolute Gasteiger partial charge is 0.355 e. The molecule has 0 saturated carbocycles. The average molecular weight is 314 g/mol. The van der Waals surface area contributed by atoms with Gasteiger partial charge in [-0.25, -0.2) is 0 Å². The maximum Gasteiger partial charge on any atom is 0.241 e. The van der Waals surface area contributed by atoms with Crippen molar-refractivity contribution < 1.29 is 9.32 Å². The summed E-state index contributed by atoms with van der Waals surface area (Å²) in [5.41, 5.74) is 2.10. The second-order valence-corrected chi connectivity index (χ2v) is 5.92. The first-order chi connectivity index (χ1) is 11.2. The van der Waals surface area contributed by atoms with Crippen molar-refractivity contribution in [1.29, 1.82) is 0 Å². The fourth-order valence-electron chi connectivity index (χ4n) is 2.96. The van der Waals surface area contributed by atoms with Crippen LogP contribution in [-0.4, -0.2) is 40.1 Å². The minimum absolute atomic E-state index is 0.0865. The van der Waals surface area contributed by atoms with E-state index in [2.05, 4.69) is 20.4 Å². The van der Waals surface area contributed by atoms with Crippen molar-refractivity contribution in [2.45, 2.75) is 39.3 Å². The molecule has 2 aromatic rings. The van der Waals surface area contributed by atoms with Gasteiger partial charge in [-0.15, -0.1) is 0 Å². The van der Waals surface area contributed by atoms with E-state index in [-0.39, 0.29) is 11.9 Å². The lowest BCUT2D eigenvalue weighted by atomic mass is 10.1. The fourth-order valence-corrected chi connectivity index (χ4v) is 2.96. The number of aryl methyl sites for hydroxylation is 1. The lowest BCUT2D eigenvalue weighted by Gasteiger charge is -2.25. The summed E-state index contributed by atoms with van der Waals surface area (Å²) in [6.07, 6.45) is 1.70. The molecular formula is C17H22N4O2. The van der Waals surface area contributed by atoms with Crippen LogP contribution in [0.4, 0.5) is 0 Å². The van der Waals surface area contributed by atoms with Crippen molar-refractivity contribution in [2.24, 2.45) is 0 Å². The molecule has 0 radical (unpaired) electrons. The summed E-state index contributed by atoms with van der Waals surface area (Å²) in [4.78, 5) is 18.7. The first-order valence-corrected chi connectivity index (χ1v) is 8.08. The standard InChI is InChI=1S/C17H22N4O2/c1-3-14-17(22)18-8-5-9-21(14)11-15-19-16(20-23-15)13-7-4-6-12(2)10-13/h4,6-7,10,14H,3,5,8-9,11H2,1-2H3,(H,18,22)/t14-/m1/s1. The van der Waals surface area contributed by atoms with E-state index in [1.807, 2.05) is 38.1 Å². The highest BCUT2D eigenvalue weighted by Crippen LogP contribution is 2.19. The number of nitrogens with zero attached hydrogens (tertiary/aromatic N) is 3. The molecule has 0 bridgehead atoms. The van der Waals surface area contributed by atoms with Crippen molar-refractivity contribution in [3.63, 3.8) is 0 Å². The van der Waals surface area contributed by atoms with Gasteiger partial charge in [0.25, 0.3) is 0 Å². The summed E-state index contributed by atoms with van der Waals surface area (Å²) in [7, 11) is 0. The molecule has 6 nitrogen and oxygen atoms in total. The lowest BCUT2D eigenvalue weighted by Crippen LogP contribution is -2.43. The first kappa shape index (κ1) is 15.7. The zero-order valence-electron chi connectivity index (χ0n) is 13.6. The van der Waals surface area contributed by atoms with Crippen molar-refractivity contribution in [3.8, 4) is 11.4 Å². The second-order valence-electron chi connectivity index (χ2n) is 5.92. The topological polar surface area (TPSA) is 71.3 Å². The van der Waals surface area contributed by atoms with E-state index >= 15 is 0 Å². The summed E-state index contributed by atoms with van der Waals surface area (Å²) in [5, 5.41) is 7.02. The molecule has 1 aliphatic heterocycles. The predicted molar refractivity (Wildman–Crippen MR) is 86.6 cm³/mol. The quantitative estimate of drug-likeness (QED) is 0.936. The van der Waals surface area contributed by atoms with Crippen LogP contribution in [0.15, 0.2) is 28.8 Å². The third-order valence-electron chi connectivity index (χ3n) is 4.13. The van der Waals surface area contributed by atoms with E-state index in [1.54, 1.807) is 0 Å². The van der Waals surface area contributed by atoms with Gasteiger partial charge in [0, 0.05) is 18.7 Å². The Labute approximate surface area is 135 Å². The molecule has 6 heteroatoms. The molecule has 0 aliphatic carbocycles. The van der Waals surface area contributed by atoms with E-state index in [4.69, 9.17) is 4.52 Å². The fraction of sp³-hybridized carbons (Fsp3) is 0.471. The molecule has 122 valence electrons. The lowest BCUT2D eigenvalue weighted by molar-refractivity contribution is -0.125. The summed E-state index contributed by atoms with van der Waals surface area (Å²) in [6, 6.07) is 7.88. The summed E-state index contributed by atoms with van der Waals surface area (Å²) < 4.78 is 5.40. The zero-order chi connectivity index (χ0) is 16.2. The van der Waals surface area contributed by atoms with Crippen LogP contribution in [-0.2, 0) is 11.3 Å². The number of hydrogen-bond acceptors (Lipinski definition) is 5. The third kappa shape index (κ3) is 3.59. The van der Waals surface area contributed by atoms with Gasteiger partial charge in [-0.3, -0.25) is 9.69 Å². The molecule has 1 aromatic carbocycles. The Morgan fingerprint density at radius 1 is 1.43 bits per heavy atom. The molecule has 1 N–H and O–H groups in total. The van der Waals surface area contributed by atoms with E-state index in [1.165, 1.54) is 0 Å². The maximum atomic E-state index is 12.1. The van der Waals surface area contributed by atoms with Crippen LogP contribution in [0.1, 0.15) is 31.2 Å². The molecule has 0 unspecified atom stereocenters. The van der Waals surface area contributed by atoms with E-state index < -0.39 is 0 Å². The van der Waals surface area contributed by atoms with E-state index in [0.29, 0.717) is 18.3 Å². The molecule has 1 aromatic heterocycles. The van der Waals surface area contributed by atoms with Crippen LogP contribution in [0.3, 0.4) is 0 Å². The Hall–Kier alpha value is -2.21. The van der Waals surface area contributed by atoms with Crippen LogP contribution < -0.4 is 5.32 Å². The van der Waals surface area contributed by atoms with E-state index in [0.717, 1.165) is 37.1 Å². The van der Waals surface area contributed by atoms with Gasteiger partial charge in [-0.1, -0.05) is 35.8 Å². The summed E-state index contributed by atoms with van der Waals surface area (Å²) in [5.74, 6) is 1.23. The molecule has 1 aliphatic rings. The molecule has 3 rings (SSSR count). The Morgan fingerprint density at radius 2 is 2.30 bits per heavy atom. The van der Waals surface area contributed by atoms with Gasteiger partial charge < -0.3 is 9.84 Å². The smallest absolute Gasteiger partial charge is 0.241 e. The second kappa shape index (κ2) is 6.91. The van der Waals surface area contributed by atoms with Gasteiger partial charge >= 0.3 is 0 Å². The van der Waals surface area contributed by atoms with Gasteiger partial charge in [0.2, 0.25) is 17.6 Å². The van der Waals surface area contributed by atoms with Crippen molar-refractivity contribution in [2.75, 3.05) is 13.1 Å². The summed E-state index contributed by atoms with van der Waals surface area (Å²) in [6.45, 7) is 6.13. The van der Waals surface area contributed by atoms with Crippen molar-refractivity contribution >= 4 is 5.91 Å². The third-order valence-corrected chi connectivity index (χ3v) is 4.13. The Kier molecular flexibility index (Phi) is 4.71. The monoisotopic (exact) mass is 314 g/mol. The molecule has 1 fully saturated rings. The number of rotatable bonds is 4. The molecule has 23 heavy (non-hydrogen) atoms. The number of aromatic nitrogens is 2. The Balaban J connectivity index is 1.76. The highest BCUT2D eigenvalue weighted by Gasteiger charge is 2.27. The molecule has 0 spiro atoms. The van der Waals surface area contributed by atoms with Gasteiger partial charge in [0.05, 0.1) is 12.6 Å². The average Bonchev–Trinajstić information content (AvgIpc) is 2.93. The van der Waals surface area contributed by atoms with Crippen LogP contribution in [0.25, 0.3) is 11.4 Å². The first-order valence-electron chi connectivity index (χ1n) is 8.08. The van der Waals surface area contributed by atoms with E-state index in [9.17, 15) is 4.79 Å². The number of nitrogens with one attached hydrogen (secondary N) is 1. The highest BCUT2D eigenvalue weighted by atomic mass is 16.5. The van der Waals surface area contributed by atoms with Gasteiger partial charge in [0.1, 0.15) is 0 Å². The van der Waals surface area contributed by atoms with Gasteiger partial charge in [-0.05, 0) is 25.8 Å². The minimum atomic E-state index is -0.133. The molecule has 1 amide bonds. The highest BCUT2D eigenvalue weighted by molar-refractivity contribution is 5.81. The minimum Gasteiger partial charge on any atom is -0.355 e. The van der Waals surface area contributed by atoms with Crippen molar-refractivity contribution in [1.82, 2.24) is 20.4 Å². The number of carbonyl (C=O) groups is 1. The van der Waals surface area contributed by atoms with Crippen LogP contribution in [0, 0.1) is 6.92 Å². The maximum absolute atomic E-state index is 12.1. The van der Waals surface area contributed by atoms with Gasteiger partial charge in [-0.2, -0.15) is 4.98 Å². The van der Waals surface area contributed by atoms with Gasteiger partial charge in [0.15, 0.2) is 0 Å². The van der Waals surface area contributed by atoms with Crippen LogP contribution >= 0.6 is 0 Å². The van der Waals surface area contributed by atoms with Crippen LogP contribution in [0.2, 0.25) is 0 Å². The normalized spacial score (nSPS) is 19.4. The molecule has 2 heterocycles. The molecular weight excluding hydrogens is 292 g/mol. The number of carbonyl (C=O) groups excluding carboxylic acids is 1. The summed E-state index contributed by atoms with van der Waals surface area (Å²) >= 11 is 0. The zero-order valence-corrected chi connectivity index (χ0v) is 13.6. The number of benzene rings is 1. The van der Waals surface area contributed by atoms with Crippen molar-refractivity contribution in [3.05, 3.63) is 35.7 Å². The Bertz CT molecular complexity index is 683. The molecule has 1 saturated heterocycles.